The molecule has 1 aliphatic rings. The van der Waals surface area contributed by atoms with Gasteiger partial charge in [0.1, 0.15) is 0 Å². The first kappa shape index (κ1) is 16.5. The molecule has 0 aliphatic carbocycles. The number of hydrogen-bond donors (Lipinski definition) is 2. The number of likely N-dealkylation sites (tertiary alicyclic amines) is 1. The highest BCUT2D eigenvalue weighted by atomic mass is 16.2. The van der Waals surface area contributed by atoms with E-state index < -0.39 is 0 Å². The van der Waals surface area contributed by atoms with E-state index in [2.05, 4.69) is 43.0 Å². The Balaban J connectivity index is 1.99. The van der Waals surface area contributed by atoms with E-state index in [0.717, 1.165) is 19.4 Å². The summed E-state index contributed by atoms with van der Waals surface area (Å²) >= 11 is 0. The standard InChI is InChI=1S/C18H30N2O/c1-18(2,17(19)15-8-4-3-5-9-15)14-20-12-6-10-16(20)11-7-13-21/h3-5,8-9,16-17,21H,6-7,10-14,19H2,1-2H3. The number of rotatable bonds is 7. The number of nitrogens with zero attached hydrogens (tertiary/aromatic N) is 1. The van der Waals surface area contributed by atoms with E-state index in [0.29, 0.717) is 12.6 Å². The molecule has 2 unspecified atom stereocenters. The van der Waals surface area contributed by atoms with Gasteiger partial charge in [-0.15, -0.1) is 0 Å². The van der Waals surface area contributed by atoms with Crippen molar-refractivity contribution in [2.75, 3.05) is 19.7 Å². The average Bonchev–Trinajstić information content (AvgIpc) is 2.91. The molecule has 1 aromatic carbocycles. The lowest BCUT2D eigenvalue weighted by Gasteiger charge is -2.38. The van der Waals surface area contributed by atoms with Crippen molar-refractivity contribution < 1.29 is 5.11 Å². The quantitative estimate of drug-likeness (QED) is 0.811. The van der Waals surface area contributed by atoms with E-state index in [1.165, 1.54) is 24.9 Å². The maximum Gasteiger partial charge on any atom is 0.0431 e. The predicted octanol–water partition coefficient (Wildman–Crippen LogP) is 2.95. The van der Waals surface area contributed by atoms with Gasteiger partial charge in [0.15, 0.2) is 0 Å². The molecule has 118 valence electrons. The Hall–Kier alpha value is -0.900. The number of aliphatic hydroxyl groups is 1. The molecule has 0 saturated carbocycles. The summed E-state index contributed by atoms with van der Waals surface area (Å²) in [7, 11) is 0. The highest BCUT2D eigenvalue weighted by molar-refractivity contribution is 5.20. The lowest BCUT2D eigenvalue weighted by Crippen LogP contribution is -2.43. The van der Waals surface area contributed by atoms with Crippen LogP contribution < -0.4 is 5.73 Å². The van der Waals surface area contributed by atoms with Crippen LogP contribution in [-0.2, 0) is 0 Å². The van der Waals surface area contributed by atoms with Gasteiger partial charge in [0, 0.05) is 25.2 Å². The largest absolute Gasteiger partial charge is 0.396 e. The Labute approximate surface area is 129 Å². The molecule has 1 aromatic rings. The van der Waals surface area contributed by atoms with E-state index in [9.17, 15) is 0 Å². The zero-order valence-corrected chi connectivity index (χ0v) is 13.5. The van der Waals surface area contributed by atoms with Gasteiger partial charge in [-0.2, -0.15) is 0 Å². The summed E-state index contributed by atoms with van der Waals surface area (Å²) in [6.07, 6.45) is 4.54. The summed E-state index contributed by atoms with van der Waals surface area (Å²) in [5.74, 6) is 0. The zero-order valence-electron chi connectivity index (χ0n) is 13.5. The van der Waals surface area contributed by atoms with E-state index in [4.69, 9.17) is 10.8 Å². The lowest BCUT2D eigenvalue weighted by atomic mass is 9.80. The summed E-state index contributed by atoms with van der Waals surface area (Å²) in [4.78, 5) is 2.58. The Morgan fingerprint density at radius 1 is 1.33 bits per heavy atom. The first-order valence-electron chi connectivity index (χ1n) is 8.20. The first-order valence-corrected chi connectivity index (χ1v) is 8.20. The Kier molecular flexibility index (Phi) is 5.80. The molecule has 0 aromatic heterocycles. The van der Waals surface area contributed by atoms with Gasteiger partial charge < -0.3 is 10.8 Å². The SMILES string of the molecule is CC(C)(CN1CCCC1CCCO)C(N)c1ccccc1. The topological polar surface area (TPSA) is 49.5 Å². The van der Waals surface area contributed by atoms with Crippen molar-refractivity contribution >= 4 is 0 Å². The molecule has 1 aliphatic heterocycles. The van der Waals surface area contributed by atoms with Crippen molar-refractivity contribution in [2.24, 2.45) is 11.1 Å². The van der Waals surface area contributed by atoms with Crippen molar-refractivity contribution in [1.82, 2.24) is 4.90 Å². The summed E-state index contributed by atoms with van der Waals surface area (Å²) in [5.41, 5.74) is 7.79. The van der Waals surface area contributed by atoms with Crippen LogP contribution >= 0.6 is 0 Å². The van der Waals surface area contributed by atoms with Crippen LogP contribution in [-0.4, -0.2) is 35.7 Å². The van der Waals surface area contributed by atoms with Gasteiger partial charge in [0.05, 0.1) is 0 Å². The molecule has 21 heavy (non-hydrogen) atoms. The molecular weight excluding hydrogens is 260 g/mol. The van der Waals surface area contributed by atoms with Crippen molar-refractivity contribution in [3.05, 3.63) is 35.9 Å². The minimum Gasteiger partial charge on any atom is -0.396 e. The van der Waals surface area contributed by atoms with Crippen molar-refractivity contribution in [3.63, 3.8) is 0 Å². The number of hydrogen-bond acceptors (Lipinski definition) is 3. The molecule has 1 fully saturated rings. The van der Waals surface area contributed by atoms with Gasteiger partial charge in [-0.1, -0.05) is 44.2 Å². The fourth-order valence-corrected chi connectivity index (χ4v) is 3.49. The number of aliphatic hydroxyl groups excluding tert-OH is 1. The molecule has 0 amide bonds. The first-order chi connectivity index (χ1) is 10.0. The molecule has 0 radical (unpaired) electrons. The average molecular weight is 290 g/mol. The van der Waals surface area contributed by atoms with Crippen LogP contribution in [0.4, 0.5) is 0 Å². The summed E-state index contributed by atoms with van der Waals surface area (Å²) in [6.45, 7) is 7.04. The second-order valence-corrected chi connectivity index (χ2v) is 7.01. The third-order valence-corrected chi connectivity index (χ3v) is 4.81. The second-order valence-electron chi connectivity index (χ2n) is 7.01. The summed E-state index contributed by atoms with van der Waals surface area (Å²) in [6, 6.07) is 11.1. The fourth-order valence-electron chi connectivity index (χ4n) is 3.49. The molecule has 3 N–H and O–H groups in total. The third-order valence-electron chi connectivity index (χ3n) is 4.81. The maximum atomic E-state index is 9.04. The zero-order chi connectivity index (χ0) is 15.3. The molecule has 2 atom stereocenters. The van der Waals surface area contributed by atoms with E-state index in [1.807, 2.05) is 6.07 Å². The maximum absolute atomic E-state index is 9.04. The van der Waals surface area contributed by atoms with E-state index in [1.54, 1.807) is 0 Å². The van der Waals surface area contributed by atoms with Crippen LogP contribution in [0, 0.1) is 5.41 Å². The van der Waals surface area contributed by atoms with Gasteiger partial charge in [-0.25, -0.2) is 0 Å². The summed E-state index contributed by atoms with van der Waals surface area (Å²) in [5, 5.41) is 9.04. The molecular formula is C18H30N2O. The van der Waals surface area contributed by atoms with Crippen LogP contribution in [0.1, 0.15) is 51.1 Å². The Bertz CT molecular complexity index is 418. The van der Waals surface area contributed by atoms with Crippen LogP contribution in [0.25, 0.3) is 0 Å². The predicted molar refractivity (Wildman–Crippen MR) is 88.1 cm³/mol. The minimum atomic E-state index is 0.0448. The van der Waals surface area contributed by atoms with Gasteiger partial charge in [-0.3, -0.25) is 4.90 Å². The smallest absolute Gasteiger partial charge is 0.0431 e. The van der Waals surface area contributed by atoms with Gasteiger partial charge >= 0.3 is 0 Å². The fraction of sp³-hybridized carbons (Fsp3) is 0.667. The molecule has 1 saturated heterocycles. The second kappa shape index (κ2) is 7.39. The van der Waals surface area contributed by atoms with E-state index in [-0.39, 0.29) is 11.5 Å². The minimum absolute atomic E-state index is 0.0448. The van der Waals surface area contributed by atoms with E-state index >= 15 is 0 Å². The highest BCUT2D eigenvalue weighted by Crippen LogP contribution is 2.34. The van der Waals surface area contributed by atoms with Gasteiger partial charge in [-0.05, 0) is 43.2 Å². The monoisotopic (exact) mass is 290 g/mol. The molecule has 0 spiro atoms. The van der Waals surface area contributed by atoms with Crippen molar-refractivity contribution in [1.29, 1.82) is 0 Å². The van der Waals surface area contributed by atoms with Crippen molar-refractivity contribution in [2.45, 2.75) is 51.6 Å². The van der Waals surface area contributed by atoms with Crippen LogP contribution in [0.15, 0.2) is 30.3 Å². The normalized spacial score (nSPS) is 21.6. The Morgan fingerprint density at radius 3 is 2.71 bits per heavy atom. The molecule has 1 heterocycles. The molecule has 3 nitrogen and oxygen atoms in total. The van der Waals surface area contributed by atoms with Crippen LogP contribution in [0.5, 0.6) is 0 Å². The van der Waals surface area contributed by atoms with Gasteiger partial charge in [0.25, 0.3) is 0 Å². The molecule has 2 rings (SSSR count). The number of nitrogens with two attached hydrogens (primary N) is 1. The molecule has 3 heteroatoms. The highest BCUT2D eigenvalue weighted by Gasteiger charge is 2.34. The van der Waals surface area contributed by atoms with Crippen LogP contribution in [0.3, 0.4) is 0 Å². The third kappa shape index (κ3) is 4.29. The Morgan fingerprint density at radius 2 is 2.05 bits per heavy atom. The van der Waals surface area contributed by atoms with Crippen molar-refractivity contribution in [3.8, 4) is 0 Å². The van der Waals surface area contributed by atoms with Crippen LogP contribution in [0.2, 0.25) is 0 Å². The summed E-state index contributed by atoms with van der Waals surface area (Å²) < 4.78 is 0. The lowest BCUT2D eigenvalue weighted by molar-refractivity contribution is 0.132. The number of benzene rings is 1. The van der Waals surface area contributed by atoms with Gasteiger partial charge in [0.2, 0.25) is 0 Å². The molecule has 0 bridgehead atoms.